The molecule has 0 saturated heterocycles. The van der Waals surface area contributed by atoms with Crippen molar-refractivity contribution in [3.8, 4) is 22.9 Å². The van der Waals surface area contributed by atoms with Crippen LogP contribution in [-0.2, 0) is 0 Å². The highest BCUT2D eigenvalue weighted by molar-refractivity contribution is 6.29. The Balaban J connectivity index is 1.22. The molecule has 8 aromatic carbocycles. The summed E-state index contributed by atoms with van der Waals surface area (Å²) in [5, 5.41) is 10.3. The third-order valence-electron chi connectivity index (χ3n) is 10.9. The van der Waals surface area contributed by atoms with Gasteiger partial charge in [-0.25, -0.2) is 9.97 Å². The molecular formula is C48H28N4O. The molecule has 0 atom stereocenters. The van der Waals surface area contributed by atoms with Gasteiger partial charge in [0.25, 0.3) is 0 Å². The van der Waals surface area contributed by atoms with E-state index in [1.807, 2.05) is 0 Å². The van der Waals surface area contributed by atoms with Gasteiger partial charge in [-0.3, -0.25) is 4.57 Å². The van der Waals surface area contributed by atoms with Gasteiger partial charge in [-0.15, -0.1) is 0 Å². The van der Waals surface area contributed by atoms with Gasteiger partial charge in [0.2, 0.25) is 5.95 Å². The number of benzene rings is 8. The molecule has 53 heavy (non-hydrogen) atoms. The Labute approximate surface area is 302 Å². The van der Waals surface area contributed by atoms with Crippen LogP contribution in [0.3, 0.4) is 0 Å². The quantitative estimate of drug-likeness (QED) is 0.187. The summed E-state index contributed by atoms with van der Waals surface area (Å²) < 4.78 is 11.3. The van der Waals surface area contributed by atoms with E-state index in [1.165, 1.54) is 27.1 Å². The molecule has 0 amide bonds. The van der Waals surface area contributed by atoms with Crippen molar-refractivity contribution >= 4 is 87.2 Å². The van der Waals surface area contributed by atoms with Crippen LogP contribution in [0.4, 0.5) is 0 Å². The summed E-state index contributed by atoms with van der Waals surface area (Å²) in [4.78, 5) is 10.8. The number of aromatic nitrogens is 4. The molecule has 0 unspecified atom stereocenters. The van der Waals surface area contributed by atoms with Gasteiger partial charge in [0.1, 0.15) is 16.8 Å². The lowest BCUT2D eigenvalue weighted by Gasteiger charge is -2.10. The molecule has 0 spiro atoms. The van der Waals surface area contributed by atoms with E-state index in [2.05, 4.69) is 179 Å². The third-order valence-corrected chi connectivity index (χ3v) is 10.9. The van der Waals surface area contributed by atoms with E-state index in [4.69, 9.17) is 14.4 Å². The molecule has 0 fully saturated rings. The Hall–Kier alpha value is -7.24. The van der Waals surface area contributed by atoms with Crippen molar-refractivity contribution in [3.05, 3.63) is 170 Å². The second-order valence-electron chi connectivity index (χ2n) is 13.8. The van der Waals surface area contributed by atoms with Crippen molar-refractivity contribution < 1.29 is 4.42 Å². The van der Waals surface area contributed by atoms with Crippen LogP contribution < -0.4 is 0 Å². The molecular weight excluding hydrogens is 649 g/mol. The lowest BCUT2D eigenvalue weighted by atomic mass is 10.0. The average Bonchev–Trinajstić information content (AvgIpc) is 3.87. The first-order valence-electron chi connectivity index (χ1n) is 17.9. The van der Waals surface area contributed by atoms with Crippen molar-refractivity contribution in [2.24, 2.45) is 0 Å². The number of furan rings is 1. The molecule has 0 aliphatic heterocycles. The van der Waals surface area contributed by atoms with Crippen LogP contribution in [0.5, 0.6) is 0 Å². The van der Waals surface area contributed by atoms with Crippen molar-refractivity contribution in [1.29, 1.82) is 0 Å². The van der Waals surface area contributed by atoms with Crippen molar-refractivity contribution in [2.75, 3.05) is 0 Å². The summed E-state index contributed by atoms with van der Waals surface area (Å²) in [5.41, 5.74) is 9.60. The molecule has 246 valence electrons. The summed E-state index contributed by atoms with van der Waals surface area (Å²) in [6.45, 7) is 0. The maximum Gasteiger partial charge on any atom is 0.236 e. The summed E-state index contributed by atoms with van der Waals surface area (Å²) in [5.74, 6) is 0.605. The van der Waals surface area contributed by atoms with E-state index in [-0.39, 0.29) is 0 Å². The zero-order chi connectivity index (χ0) is 34.6. The lowest BCUT2D eigenvalue weighted by Crippen LogP contribution is -2.03. The van der Waals surface area contributed by atoms with Gasteiger partial charge in [0.05, 0.1) is 22.1 Å². The van der Waals surface area contributed by atoms with Gasteiger partial charge in [-0.2, -0.15) is 0 Å². The van der Waals surface area contributed by atoms with Gasteiger partial charge >= 0.3 is 0 Å². The topological polar surface area (TPSA) is 48.8 Å². The van der Waals surface area contributed by atoms with Crippen LogP contribution in [0.15, 0.2) is 174 Å². The number of hydrogen-bond donors (Lipinski definition) is 0. The summed E-state index contributed by atoms with van der Waals surface area (Å²) in [6, 6.07) is 60.1. The van der Waals surface area contributed by atoms with Gasteiger partial charge in [0.15, 0.2) is 5.58 Å². The Morgan fingerprint density at radius 2 is 1.00 bits per heavy atom. The van der Waals surface area contributed by atoms with Gasteiger partial charge < -0.3 is 8.98 Å². The zero-order valence-electron chi connectivity index (χ0n) is 28.4. The molecule has 4 heterocycles. The maximum absolute atomic E-state index is 6.72. The predicted octanol–water partition coefficient (Wildman–Crippen LogP) is 12.5. The normalized spacial score (nSPS) is 12.2. The monoisotopic (exact) mass is 676 g/mol. The van der Waals surface area contributed by atoms with Crippen LogP contribution >= 0.6 is 0 Å². The van der Waals surface area contributed by atoms with Crippen LogP contribution in [0, 0.1) is 0 Å². The smallest absolute Gasteiger partial charge is 0.236 e. The number of nitrogens with zero attached hydrogens (tertiary/aromatic N) is 4. The summed E-state index contributed by atoms with van der Waals surface area (Å²) >= 11 is 0. The fraction of sp³-hybridized carbons (Fsp3) is 0. The van der Waals surface area contributed by atoms with Gasteiger partial charge in [0, 0.05) is 38.2 Å². The lowest BCUT2D eigenvalue weighted by molar-refractivity contribution is 0.667. The van der Waals surface area contributed by atoms with E-state index in [0.717, 1.165) is 71.5 Å². The molecule has 0 bridgehead atoms. The molecule has 4 aromatic heterocycles. The standard InChI is InChI=1S/C48H28N4O/c1-2-16-34(17-3-1)51-38-20-10-8-18-35(38)43-40(51)24-25-41-44(43)36-19-9-11-21-39(36)52(41)48-49-45(33-23-22-29-12-4-5-13-30(29)26-33)47-46(50-48)37-27-31-14-6-7-15-32(31)28-42(37)53-47/h1-28H. The number of fused-ring (bicyclic) bond motifs is 12. The molecule has 0 N–H and O–H groups in total. The Morgan fingerprint density at radius 1 is 0.415 bits per heavy atom. The predicted molar refractivity (Wildman–Crippen MR) is 218 cm³/mol. The second-order valence-corrected chi connectivity index (χ2v) is 13.8. The van der Waals surface area contributed by atoms with Crippen molar-refractivity contribution in [3.63, 3.8) is 0 Å². The first-order chi connectivity index (χ1) is 26.3. The summed E-state index contributed by atoms with van der Waals surface area (Å²) in [6.07, 6.45) is 0. The minimum absolute atomic E-state index is 0.605. The summed E-state index contributed by atoms with van der Waals surface area (Å²) in [7, 11) is 0. The molecule has 5 heteroatoms. The van der Waals surface area contributed by atoms with Crippen LogP contribution in [0.25, 0.3) is 110 Å². The Kier molecular flexibility index (Phi) is 5.71. The number of para-hydroxylation sites is 3. The van der Waals surface area contributed by atoms with Crippen LogP contribution in [0.2, 0.25) is 0 Å². The Morgan fingerprint density at radius 3 is 1.74 bits per heavy atom. The second kappa shape index (κ2) is 10.6. The molecule has 0 aliphatic carbocycles. The largest absolute Gasteiger partial charge is 0.452 e. The highest BCUT2D eigenvalue weighted by atomic mass is 16.3. The van der Waals surface area contributed by atoms with E-state index in [0.29, 0.717) is 11.5 Å². The first kappa shape index (κ1) is 28.5. The molecule has 0 radical (unpaired) electrons. The molecule has 12 rings (SSSR count). The zero-order valence-corrected chi connectivity index (χ0v) is 28.4. The maximum atomic E-state index is 6.72. The van der Waals surface area contributed by atoms with Crippen LogP contribution in [0.1, 0.15) is 0 Å². The van der Waals surface area contributed by atoms with Crippen molar-refractivity contribution in [2.45, 2.75) is 0 Å². The molecule has 12 aromatic rings. The average molecular weight is 677 g/mol. The first-order valence-corrected chi connectivity index (χ1v) is 17.9. The fourth-order valence-corrected chi connectivity index (χ4v) is 8.54. The van der Waals surface area contributed by atoms with Gasteiger partial charge in [-0.1, -0.05) is 115 Å². The van der Waals surface area contributed by atoms with E-state index in [9.17, 15) is 0 Å². The highest BCUT2D eigenvalue weighted by Gasteiger charge is 2.24. The molecule has 0 aliphatic rings. The fourth-order valence-electron chi connectivity index (χ4n) is 8.54. The SMILES string of the molecule is c1ccc(-n2c3ccccc3c3c4c5ccccc5n(-c5nc(-c6ccc7ccccc7c6)c6oc7cc8ccccc8cc7c6n5)c4ccc32)cc1. The molecule has 0 saturated carbocycles. The third kappa shape index (κ3) is 4.02. The van der Waals surface area contributed by atoms with E-state index in [1.54, 1.807) is 0 Å². The number of hydrogen-bond acceptors (Lipinski definition) is 3. The van der Waals surface area contributed by atoms with Gasteiger partial charge in [-0.05, 0) is 76.1 Å². The van der Waals surface area contributed by atoms with E-state index >= 15 is 0 Å². The van der Waals surface area contributed by atoms with Crippen LogP contribution in [-0.4, -0.2) is 19.1 Å². The minimum atomic E-state index is 0.605. The van der Waals surface area contributed by atoms with Crippen molar-refractivity contribution in [1.82, 2.24) is 19.1 Å². The Bertz CT molecular complexity index is 3460. The molecule has 5 nitrogen and oxygen atoms in total. The highest BCUT2D eigenvalue weighted by Crippen LogP contribution is 2.43. The minimum Gasteiger partial charge on any atom is -0.452 e. The number of rotatable bonds is 3. The van der Waals surface area contributed by atoms with E-state index < -0.39 is 0 Å².